The Morgan fingerprint density at radius 1 is 1.39 bits per heavy atom. The van der Waals surface area contributed by atoms with Crippen LogP contribution in [-0.4, -0.2) is 13.6 Å². The summed E-state index contributed by atoms with van der Waals surface area (Å²) in [6, 6.07) is 6.60. The molecular weight excluding hydrogens is 421 g/mol. The van der Waals surface area contributed by atoms with E-state index in [1.54, 1.807) is 6.07 Å². The Bertz CT molecular complexity index is 746. The van der Waals surface area contributed by atoms with E-state index >= 15 is 0 Å². The molecule has 124 valence electrons. The lowest BCUT2D eigenvalue weighted by molar-refractivity contribution is 0.371. The third-order valence-electron chi connectivity index (χ3n) is 3.71. The van der Waals surface area contributed by atoms with Gasteiger partial charge in [-0.1, -0.05) is 23.7 Å². The molecule has 0 aliphatic carbocycles. The Labute approximate surface area is 156 Å². The number of halogens is 3. The summed E-state index contributed by atoms with van der Waals surface area (Å²) in [6.07, 6.45) is 0. The van der Waals surface area contributed by atoms with Gasteiger partial charge in [-0.2, -0.15) is 0 Å². The van der Waals surface area contributed by atoms with Crippen LogP contribution in [-0.2, 0) is 17.9 Å². The van der Waals surface area contributed by atoms with Crippen molar-refractivity contribution in [1.82, 2.24) is 4.31 Å². The van der Waals surface area contributed by atoms with E-state index in [0.717, 1.165) is 16.0 Å². The molecule has 0 bridgehead atoms. The van der Waals surface area contributed by atoms with E-state index in [9.17, 15) is 8.94 Å². The number of rotatable bonds is 2. The Hall–Kier alpha value is -0.110. The van der Waals surface area contributed by atoms with Gasteiger partial charge in [0.1, 0.15) is 16.6 Å². The molecule has 2 nitrogen and oxygen atoms in total. The van der Waals surface area contributed by atoms with Crippen LogP contribution in [0.2, 0.25) is 4.34 Å². The van der Waals surface area contributed by atoms with Gasteiger partial charge in [-0.05, 0) is 60.0 Å². The summed E-state index contributed by atoms with van der Waals surface area (Å²) >= 11 is 9.79. The summed E-state index contributed by atoms with van der Waals surface area (Å²) in [7, 11) is 0. The Morgan fingerprint density at radius 3 is 2.74 bits per heavy atom. The number of hydrogen-bond donors (Lipinski definition) is 0. The molecule has 2 atom stereocenters. The van der Waals surface area contributed by atoms with Gasteiger partial charge in [-0.3, -0.25) is 0 Å². The van der Waals surface area contributed by atoms with Crippen molar-refractivity contribution in [2.45, 2.75) is 38.1 Å². The Balaban J connectivity index is 2.12. The molecule has 7 heteroatoms. The van der Waals surface area contributed by atoms with Crippen LogP contribution in [0.5, 0.6) is 0 Å². The van der Waals surface area contributed by atoms with Crippen LogP contribution in [0.25, 0.3) is 0 Å². The predicted molar refractivity (Wildman–Crippen MR) is 98.7 cm³/mol. The van der Waals surface area contributed by atoms with Crippen molar-refractivity contribution in [2.24, 2.45) is 0 Å². The Kier molecular flexibility index (Phi) is 4.86. The van der Waals surface area contributed by atoms with E-state index in [4.69, 9.17) is 11.6 Å². The first-order valence-electron chi connectivity index (χ1n) is 7.11. The van der Waals surface area contributed by atoms with Crippen LogP contribution >= 0.6 is 38.9 Å². The molecule has 1 aromatic heterocycles. The number of thiophene rings is 1. The number of benzene rings is 1. The molecule has 2 heterocycles. The van der Waals surface area contributed by atoms with Crippen LogP contribution in [0.1, 0.15) is 42.8 Å². The zero-order valence-electron chi connectivity index (χ0n) is 12.9. The van der Waals surface area contributed by atoms with Crippen LogP contribution in [0, 0.1) is 5.82 Å². The Morgan fingerprint density at radius 2 is 2.09 bits per heavy atom. The zero-order valence-corrected chi connectivity index (χ0v) is 16.9. The van der Waals surface area contributed by atoms with E-state index in [1.165, 1.54) is 17.4 Å². The smallest absolute Gasteiger partial charge is 0.137 e. The van der Waals surface area contributed by atoms with Crippen LogP contribution in [0.15, 0.2) is 28.7 Å². The zero-order chi connectivity index (χ0) is 16.9. The minimum absolute atomic E-state index is 0.265. The average molecular weight is 437 g/mol. The van der Waals surface area contributed by atoms with Gasteiger partial charge in [0.05, 0.1) is 15.4 Å². The lowest BCUT2D eigenvalue weighted by Gasteiger charge is -2.34. The second kappa shape index (κ2) is 6.32. The first kappa shape index (κ1) is 17.7. The maximum absolute atomic E-state index is 14.0. The van der Waals surface area contributed by atoms with Gasteiger partial charge in [-0.15, -0.1) is 15.6 Å². The first-order valence-corrected chi connectivity index (χ1v) is 10.2. The maximum Gasteiger partial charge on any atom is 0.137 e. The van der Waals surface area contributed by atoms with E-state index in [0.29, 0.717) is 15.4 Å². The molecule has 0 radical (unpaired) electrons. The van der Waals surface area contributed by atoms with Crippen LogP contribution < -0.4 is 0 Å². The standard InChI is InChI=1S/C16H16BrClFNOS2/c1-16(2,3)23(21)20-8-12-10(7-13(18)22-12)15(20)9-5-4-6-11(19)14(9)17/h4-7,15H,8H2,1-3H3/t15?,23-/m1/s1. The van der Waals surface area contributed by atoms with E-state index in [-0.39, 0.29) is 11.9 Å². The summed E-state index contributed by atoms with van der Waals surface area (Å²) in [5.41, 5.74) is 1.79. The number of fused-ring (bicyclic) bond motifs is 1. The molecule has 2 aromatic rings. The van der Waals surface area contributed by atoms with Crippen molar-refractivity contribution in [3.8, 4) is 0 Å². The molecule has 23 heavy (non-hydrogen) atoms. The molecule has 0 saturated carbocycles. The highest BCUT2D eigenvalue weighted by Gasteiger charge is 2.45. The van der Waals surface area contributed by atoms with Gasteiger partial charge in [0.25, 0.3) is 0 Å². The van der Waals surface area contributed by atoms with Crippen molar-refractivity contribution in [2.75, 3.05) is 0 Å². The molecule has 0 amide bonds. The number of nitrogens with zero attached hydrogens (tertiary/aromatic N) is 1. The van der Waals surface area contributed by atoms with Crippen molar-refractivity contribution >= 4 is 50.2 Å². The third-order valence-corrected chi connectivity index (χ3v) is 7.62. The molecule has 0 spiro atoms. The summed E-state index contributed by atoms with van der Waals surface area (Å²) in [4.78, 5) is 1.09. The molecular formula is C16H16BrClFNOS2. The van der Waals surface area contributed by atoms with Gasteiger partial charge in [-0.25, -0.2) is 4.39 Å². The highest BCUT2D eigenvalue weighted by molar-refractivity contribution is 9.10. The van der Waals surface area contributed by atoms with Gasteiger partial charge < -0.3 is 4.55 Å². The first-order chi connectivity index (χ1) is 10.7. The van der Waals surface area contributed by atoms with E-state index < -0.39 is 16.1 Å². The summed E-state index contributed by atoms with van der Waals surface area (Å²) in [6.45, 7) is 6.39. The normalized spacial score (nSPS) is 19.9. The fourth-order valence-corrected chi connectivity index (χ4v) is 5.95. The lowest BCUT2D eigenvalue weighted by atomic mass is 10.0. The topological polar surface area (TPSA) is 26.3 Å². The quantitative estimate of drug-likeness (QED) is 0.567. The van der Waals surface area contributed by atoms with Crippen molar-refractivity contribution in [3.63, 3.8) is 0 Å². The largest absolute Gasteiger partial charge is 0.597 e. The van der Waals surface area contributed by atoms with Crippen molar-refractivity contribution in [1.29, 1.82) is 0 Å². The fraction of sp³-hybridized carbons (Fsp3) is 0.375. The minimum Gasteiger partial charge on any atom is -0.597 e. The van der Waals surface area contributed by atoms with E-state index in [1.807, 2.05) is 37.2 Å². The van der Waals surface area contributed by atoms with Gasteiger partial charge >= 0.3 is 0 Å². The maximum atomic E-state index is 14.0. The average Bonchev–Trinajstić information content (AvgIpc) is 2.96. The molecule has 1 aliphatic heterocycles. The molecule has 0 N–H and O–H groups in total. The molecule has 1 aromatic carbocycles. The summed E-state index contributed by atoms with van der Waals surface area (Å²) in [5, 5.41) is 0. The van der Waals surface area contributed by atoms with Crippen molar-refractivity contribution < 1.29 is 8.94 Å². The third kappa shape index (κ3) is 3.22. The molecule has 0 fully saturated rings. The van der Waals surface area contributed by atoms with Gasteiger partial charge in [0.2, 0.25) is 0 Å². The summed E-state index contributed by atoms with van der Waals surface area (Å²) < 4.78 is 29.7. The highest BCUT2D eigenvalue weighted by atomic mass is 79.9. The number of hydrogen-bond acceptors (Lipinski definition) is 3. The predicted octanol–water partition coefficient (Wildman–Crippen LogP) is 5.67. The van der Waals surface area contributed by atoms with Gasteiger partial charge in [0.15, 0.2) is 0 Å². The summed E-state index contributed by atoms with van der Waals surface area (Å²) in [5.74, 6) is -0.321. The van der Waals surface area contributed by atoms with E-state index in [2.05, 4.69) is 15.9 Å². The molecule has 1 aliphatic rings. The second-order valence-corrected chi connectivity index (χ2v) is 11.2. The molecule has 0 saturated heterocycles. The van der Waals surface area contributed by atoms with Crippen molar-refractivity contribution in [3.05, 3.63) is 54.9 Å². The van der Waals surface area contributed by atoms with Crippen LogP contribution in [0.3, 0.4) is 0 Å². The lowest BCUT2D eigenvalue weighted by Crippen LogP contribution is -2.42. The molecule has 1 unspecified atom stereocenters. The second-order valence-electron chi connectivity index (χ2n) is 6.41. The minimum atomic E-state index is -1.22. The SMILES string of the molecule is CC(C)(C)[S@@+]([O-])N1Cc2sc(Cl)cc2C1c1cccc(F)c1Br. The fourth-order valence-electron chi connectivity index (χ4n) is 2.71. The monoisotopic (exact) mass is 435 g/mol. The van der Waals surface area contributed by atoms with Gasteiger partial charge in [0, 0.05) is 16.2 Å². The van der Waals surface area contributed by atoms with Crippen LogP contribution in [0.4, 0.5) is 4.39 Å². The molecule has 3 rings (SSSR count). The highest BCUT2D eigenvalue weighted by Crippen LogP contribution is 2.48.